The Morgan fingerprint density at radius 3 is 1.22 bits per heavy atom. The minimum absolute atomic E-state index is 0.204. The Morgan fingerprint density at radius 1 is 0.258 bits per heavy atom. The van der Waals surface area contributed by atoms with Gasteiger partial charge in [0.2, 0.25) is 0 Å². The fourth-order valence-corrected chi connectivity index (χ4v) is 20.9. The summed E-state index contributed by atoms with van der Waals surface area (Å²) in [5.74, 6) is 0. The van der Waals surface area contributed by atoms with Crippen molar-refractivity contribution >= 4 is 101 Å². The van der Waals surface area contributed by atoms with Crippen LogP contribution in [0.3, 0.4) is 0 Å². The normalized spacial score (nSPS) is 14.7. The molecule has 0 amide bonds. The predicted molar refractivity (Wildman–Crippen MR) is 547 cm³/mol. The summed E-state index contributed by atoms with van der Waals surface area (Å²) in [6.07, 6.45) is 0. The maximum absolute atomic E-state index is 10.3. The summed E-state index contributed by atoms with van der Waals surface area (Å²) in [6.45, 7) is 33.7. The Kier molecular flexibility index (Phi) is 16.0. The molecule has 2 aromatic heterocycles. The number of anilines is 6. The second-order valence-electron chi connectivity index (χ2n) is 40.5. The molecular formula is C123H107BN4. The first-order chi connectivity index (χ1) is 65.8. The zero-order chi connectivity index (χ0) is 96.5. The Hall–Kier alpha value is -14.0. The van der Waals surface area contributed by atoms with Crippen molar-refractivity contribution in [3.05, 3.63) is 426 Å². The van der Waals surface area contributed by atoms with E-state index in [1.165, 1.54) is 27.8 Å². The maximum Gasteiger partial charge on any atom is 0.252 e. The van der Waals surface area contributed by atoms with Crippen LogP contribution in [0.4, 0.5) is 34.1 Å². The maximum atomic E-state index is 10.3. The van der Waals surface area contributed by atoms with Gasteiger partial charge in [-0.2, -0.15) is 0 Å². The molecule has 0 fully saturated rings. The van der Waals surface area contributed by atoms with Gasteiger partial charge >= 0.3 is 0 Å². The minimum atomic E-state index is -2.19. The smallest absolute Gasteiger partial charge is 0.252 e. The number of hydrogen-bond acceptors (Lipinski definition) is 2. The van der Waals surface area contributed by atoms with Gasteiger partial charge in [0.1, 0.15) is 0 Å². The lowest BCUT2D eigenvalue weighted by Crippen LogP contribution is -2.61. The molecule has 0 N–H and O–H groups in total. The SMILES string of the molecule is [2H]c1c([2H])c([2H])c(C2(c3c([2H])c([2H])c([2H])c([2H])c3[2H])c3ccccc3-c3cccc(-c4ccc5c(c4)B4c6ccc(-n7c8cc(C(C)(C)C)ccc8c8ccc(C(C)(C)C)cc87)cc6N(c6ccc(C(C)(C)C)cc6-c6ccccc6)c6cc(-n7c8ccc(C(C)(C)C)cc8c8cc(C(C)(C)C)ccc87)cc(c64)N5c4c(-c5ccccc5)cc(-c5ccccc5)cc4-c4ccccc4)c32)c([2H])c1[2H]. The van der Waals surface area contributed by atoms with Crippen molar-refractivity contribution in [1.82, 2.24) is 9.13 Å². The zero-order valence-corrected chi connectivity index (χ0v) is 75.4. The summed E-state index contributed by atoms with van der Waals surface area (Å²) < 4.78 is 103. The zero-order valence-electron chi connectivity index (χ0n) is 85.4. The molecule has 622 valence electrons. The topological polar surface area (TPSA) is 16.3 Å². The van der Waals surface area contributed by atoms with Crippen LogP contribution >= 0.6 is 0 Å². The van der Waals surface area contributed by atoms with Gasteiger partial charge in [-0.05, 0) is 235 Å². The van der Waals surface area contributed by atoms with Gasteiger partial charge in [-0.1, -0.05) is 389 Å². The molecule has 3 aliphatic rings. The van der Waals surface area contributed by atoms with E-state index in [9.17, 15) is 13.7 Å². The standard InChI is InChI=1S/C123H107BN4/c1-118(2,3)86-56-64-106(98(70-86)79-39-24-17-25-40-79)127-112-75-91(125-110-73-89(121(10,11)12)54-60-95(110)96-61-55-90(74-111(96)125)122(13,14)15)59-62-104(112)124-105-69-82(93-50-36-51-97-94-49-34-35-52-103(94)123(115(93)97,84-45-30-20-31-46-84)85-47-32-21-33-48-85)53-63-109(105)128(117-99(80-41-26-18-27-42-80)67-83(78-37-22-16-23-38-78)68-100(117)81-43-28-19-29-44-81)114-77-92(76-113(127)116(114)124)126-107-65-57-87(119(4,5)6)71-101(107)102-72-88(120(7,8)9)58-66-108(102)126/h16-77H,1-15H3/i20D,21D,30D,31D,32D,33D,45D,46D,47D,48D. The molecule has 19 aromatic rings. The van der Waals surface area contributed by atoms with Crippen LogP contribution in [0.2, 0.25) is 0 Å². The Balaban J connectivity index is 0.958. The van der Waals surface area contributed by atoms with E-state index in [-0.39, 0.29) is 38.2 Å². The van der Waals surface area contributed by atoms with Crippen molar-refractivity contribution in [2.24, 2.45) is 0 Å². The average molecular weight is 1660 g/mol. The number of fused-ring (bicyclic) bond motifs is 13. The van der Waals surface area contributed by atoms with Crippen molar-refractivity contribution in [3.8, 4) is 78.1 Å². The summed E-state index contributed by atoms with van der Waals surface area (Å²) >= 11 is 0. The van der Waals surface area contributed by atoms with Crippen LogP contribution in [0, 0.1) is 0 Å². The number of rotatable bonds is 11. The van der Waals surface area contributed by atoms with Crippen LogP contribution in [-0.4, -0.2) is 15.8 Å². The molecule has 0 radical (unpaired) electrons. The van der Waals surface area contributed by atoms with Crippen LogP contribution in [0.1, 0.15) is 168 Å². The van der Waals surface area contributed by atoms with Gasteiger partial charge in [0.15, 0.2) is 0 Å². The van der Waals surface area contributed by atoms with Crippen LogP contribution < -0.4 is 26.2 Å². The first kappa shape index (κ1) is 69.2. The number of hydrogen-bond donors (Lipinski definition) is 0. The van der Waals surface area contributed by atoms with E-state index in [2.05, 4.69) is 396 Å². The molecule has 128 heavy (non-hydrogen) atoms. The molecule has 22 rings (SSSR count). The minimum Gasteiger partial charge on any atom is -0.311 e. The largest absolute Gasteiger partial charge is 0.311 e. The third kappa shape index (κ3) is 12.8. The highest BCUT2D eigenvalue weighted by Gasteiger charge is 2.50. The van der Waals surface area contributed by atoms with Gasteiger partial charge in [0, 0.05) is 66.7 Å². The van der Waals surface area contributed by atoms with Crippen LogP contribution in [-0.2, 0) is 32.5 Å². The molecule has 0 unspecified atom stereocenters. The lowest BCUT2D eigenvalue weighted by Gasteiger charge is -2.46. The molecule has 0 saturated carbocycles. The molecule has 0 atom stereocenters. The first-order valence-corrected chi connectivity index (χ1v) is 45.0. The quantitative estimate of drug-likeness (QED) is 0.120. The van der Waals surface area contributed by atoms with Crippen molar-refractivity contribution in [2.75, 3.05) is 9.80 Å². The lowest BCUT2D eigenvalue weighted by atomic mass is 9.33. The van der Waals surface area contributed by atoms with Crippen LogP contribution in [0.15, 0.2) is 376 Å². The average Bonchev–Trinajstić information content (AvgIpc) is 1.54. The van der Waals surface area contributed by atoms with Gasteiger partial charge in [-0.15, -0.1) is 0 Å². The molecule has 4 heterocycles. The van der Waals surface area contributed by atoms with Crippen LogP contribution in [0.25, 0.3) is 122 Å². The van der Waals surface area contributed by atoms with E-state index < -0.39 is 72.6 Å². The van der Waals surface area contributed by atoms with Gasteiger partial charge < -0.3 is 18.9 Å². The molecule has 0 spiro atoms. The second kappa shape index (κ2) is 29.6. The van der Waals surface area contributed by atoms with Crippen molar-refractivity contribution in [3.63, 3.8) is 0 Å². The molecule has 0 bridgehead atoms. The first-order valence-electron chi connectivity index (χ1n) is 50.0. The third-order valence-electron chi connectivity index (χ3n) is 27.5. The Bertz CT molecular complexity index is 8020. The molecule has 1 aliphatic carbocycles. The molecule has 4 nitrogen and oxygen atoms in total. The van der Waals surface area contributed by atoms with Crippen molar-refractivity contribution in [1.29, 1.82) is 0 Å². The second-order valence-corrected chi connectivity index (χ2v) is 40.5. The van der Waals surface area contributed by atoms with Crippen LogP contribution in [0.5, 0.6) is 0 Å². The van der Waals surface area contributed by atoms with Gasteiger partial charge in [-0.3, -0.25) is 0 Å². The summed E-state index contributed by atoms with van der Waals surface area (Å²) in [4.78, 5) is 5.16. The van der Waals surface area contributed by atoms with E-state index >= 15 is 0 Å². The molecule has 5 heteroatoms. The Labute approximate surface area is 769 Å². The summed E-state index contributed by atoms with van der Waals surface area (Å²) in [5.41, 5.74) is 27.9. The van der Waals surface area contributed by atoms with E-state index in [0.29, 0.717) is 33.4 Å². The highest BCUT2D eigenvalue weighted by molar-refractivity contribution is 7.00. The highest BCUT2D eigenvalue weighted by atomic mass is 15.2. The summed E-state index contributed by atoms with van der Waals surface area (Å²) in [7, 11) is 0. The predicted octanol–water partition coefficient (Wildman–Crippen LogP) is 31.1. The molecule has 0 saturated heterocycles. The van der Waals surface area contributed by atoms with Gasteiger partial charge in [0.25, 0.3) is 6.71 Å². The number of benzene rings is 17. The van der Waals surface area contributed by atoms with Gasteiger partial charge in [0.05, 0.1) is 58.3 Å². The molecule has 17 aromatic carbocycles. The van der Waals surface area contributed by atoms with E-state index in [4.69, 9.17) is 0 Å². The fraction of sp³-hybridized carbons (Fsp3) is 0.171. The summed E-state index contributed by atoms with van der Waals surface area (Å²) in [6, 6.07) is 109. The van der Waals surface area contributed by atoms with E-state index in [0.717, 1.165) is 150 Å². The fourth-order valence-electron chi connectivity index (χ4n) is 20.9. The van der Waals surface area contributed by atoms with Gasteiger partial charge in [-0.25, -0.2) is 0 Å². The van der Waals surface area contributed by atoms with E-state index in [1.54, 1.807) is 0 Å². The van der Waals surface area contributed by atoms with E-state index in [1.807, 2.05) is 42.5 Å². The van der Waals surface area contributed by atoms with Crippen molar-refractivity contribution < 1.29 is 13.7 Å². The Morgan fingerprint density at radius 2 is 0.688 bits per heavy atom. The highest BCUT2D eigenvalue weighted by Crippen LogP contribution is 2.61. The monoisotopic (exact) mass is 1660 g/mol. The number of nitrogens with zero attached hydrogens (tertiary/aromatic N) is 4. The molecular weight excluding hydrogens is 1540 g/mol. The lowest BCUT2D eigenvalue weighted by molar-refractivity contribution is 0.590. The number of aromatic nitrogens is 2. The van der Waals surface area contributed by atoms with Crippen molar-refractivity contribution in [2.45, 2.75) is 136 Å². The molecule has 2 aliphatic heterocycles. The summed E-state index contributed by atoms with van der Waals surface area (Å²) in [5, 5.41) is 4.56. The third-order valence-corrected chi connectivity index (χ3v) is 27.5.